The van der Waals surface area contributed by atoms with Crippen molar-refractivity contribution in [2.75, 3.05) is 12.4 Å². The third kappa shape index (κ3) is 3.50. The molecule has 0 spiro atoms. The molecule has 8 nitrogen and oxygen atoms in total. The first kappa shape index (κ1) is 19.3. The zero-order valence-electron chi connectivity index (χ0n) is 14.8. The number of H-pyrrole nitrogens is 1. The molecule has 0 aliphatic carbocycles. The molecule has 3 rings (SSSR count). The minimum absolute atomic E-state index is 0.000804. The van der Waals surface area contributed by atoms with Gasteiger partial charge < -0.3 is 15.2 Å². The van der Waals surface area contributed by atoms with Gasteiger partial charge in [-0.2, -0.15) is 0 Å². The van der Waals surface area contributed by atoms with Gasteiger partial charge in [0.05, 0.1) is 18.5 Å². The minimum Gasteiger partial charge on any atom is -0.494 e. The lowest BCUT2D eigenvalue weighted by molar-refractivity contribution is 0.0693. The summed E-state index contributed by atoms with van der Waals surface area (Å²) >= 11 is 6.00. The maximum Gasteiger partial charge on any atom is 0.339 e. The fourth-order valence-corrected chi connectivity index (χ4v) is 2.65. The average molecular weight is 379 g/mol. The van der Waals surface area contributed by atoms with Crippen molar-refractivity contribution in [2.24, 2.45) is 7.05 Å². The summed E-state index contributed by atoms with van der Waals surface area (Å²) in [6.45, 7) is 4.00. The molecular formula is C17H19ClN4O4. The molecule has 1 aromatic carbocycles. The molecule has 0 fully saturated rings. The molecule has 0 radical (unpaired) electrons. The number of pyridine rings is 1. The second kappa shape index (κ2) is 7.92. The van der Waals surface area contributed by atoms with E-state index < -0.39 is 5.97 Å². The van der Waals surface area contributed by atoms with E-state index in [2.05, 4.69) is 15.4 Å². The van der Waals surface area contributed by atoms with Crippen molar-refractivity contribution in [1.82, 2.24) is 14.8 Å². The highest BCUT2D eigenvalue weighted by molar-refractivity contribution is 6.30. The van der Waals surface area contributed by atoms with Crippen LogP contribution < -0.4 is 15.6 Å². The average Bonchev–Trinajstić information content (AvgIpc) is 2.90. The number of benzene rings is 1. The van der Waals surface area contributed by atoms with Gasteiger partial charge in [-0.3, -0.25) is 14.6 Å². The summed E-state index contributed by atoms with van der Waals surface area (Å²) in [6, 6.07) is 6.13. The first-order valence-corrected chi connectivity index (χ1v) is 8.22. The maximum absolute atomic E-state index is 12.3. The molecule has 0 amide bonds. The number of rotatable bonds is 4. The third-order valence-electron chi connectivity index (χ3n) is 3.50. The van der Waals surface area contributed by atoms with Crippen molar-refractivity contribution in [3.63, 3.8) is 0 Å². The topological polar surface area (TPSA) is 109 Å². The van der Waals surface area contributed by atoms with Crippen molar-refractivity contribution < 1.29 is 14.6 Å². The molecule has 0 bridgehead atoms. The summed E-state index contributed by atoms with van der Waals surface area (Å²) in [4.78, 5) is 27.6. The van der Waals surface area contributed by atoms with E-state index in [1.54, 1.807) is 19.2 Å². The Kier molecular flexibility index (Phi) is 5.89. The van der Waals surface area contributed by atoms with Crippen LogP contribution in [0, 0.1) is 0 Å². The molecule has 26 heavy (non-hydrogen) atoms. The number of para-hydroxylation sites is 1. The zero-order valence-corrected chi connectivity index (χ0v) is 15.5. The molecule has 0 aliphatic heterocycles. The van der Waals surface area contributed by atoms with E-state index in [1.807, 2.05) is 13.8 Å². The van der Waals surface area contributed by atoms with Crippen LogP contribution in [0.4, 0.5) is 11.4 Å². The zero-order chi connectivity index (χ0) is 19.4. The lowest BCUT2D eigenvalue weighted by Crippen LogP contribution is -2.12. The predicted molar refractivity (Wildman–Crippen MR) is 101 cm³/mol. The first-order valence-electron chi connectivity index (χ1n) is 7.85. The molecule has 9 heteroatoms. The number of aryl methyl sites for hydroxylation is 1. The number of carboxylic acids is 1. The number of halogens is 1. The summed E-state index contributed by atoms with van der Waals surface area (Å²) in [5, 5.41) is 15.5. The number of anilines is 2. The number of fused-ring (bicyclic) bond motifs is 1. The molecule has 3 aromatic rings. The van der Waals surface area contributed by atoms with Crippen LogP contribution in [0.1, 0.15) is 24.2 Å². The molecular weight excluding hydrogens is 360 g/mol. The SMILES string of the molecule is CC.COc1c(Nc2cc(Cl)nc3[nH]n(C)c(=O)c23)cccc1C(=O)O. The lowest BCUT2D eigenvalue weighted by Gasteiger charge is -2.13. The molecule has 0 atom stereocenters. The highest BCUT2D eigenvalue weighted by Gasteiger charge is 2.18. The first-order chi connectivity index (χ1) is 12.4. The maximum atomic E-state index is 12.3. The van der Waals surface area contributed by atoms with Gasteiger partial charge >= 0.3 is 5.97 Å². The van der Waals surface area contributed by atoms with Crippen LogP contribution in [0.3, 0.4) is 0 Å². The number of aromatic amines is 1. The van der Waals surface area contributed by atoms with Crippen LogP contribution in [0.2, 0.25) is 5.15 Å². The highest BCUT2D eigenvalue weighted by atomic mass is 35.5. The summed E-state index contributed by atoms with van der Waals surface area (Å²) in [5.74, 6) is -0.968. The Bertz CT molecular complexity index is 1010. The van der Waals surface area contributed by atoms with Gasteiger partial charge in [0.2, 0.25) is 0 Å². The van der Waals surface area contributed by atoms with Crippen molar-refractivity contribution >= 4 is 40.0 Å². The summed E-state index contributed by atoms with van der Waals surface area (Å²) in [5.41, 5.74) is 0.827. The van der Waals surface area contributed by atoms with Gasteiger partial charge in [0.25, 0.3) is 5.56 Å². The number of nitrogens with one attached hydrogen (secondary N) is 2. The number of ether oxygens (including phenoxy) is 1. The van der Waals surface area contributed by atoms with E-state index in [0.29, 0.717) is 22.4 Å². The van der Waals surface area contributed by atoms with Crippen LogP contribution in [0.5, 0.6) is 5.75 Å². The number of aromatic carboxylic acids is 1. The Hall–Kier alpha value is -3.00. The van der Waals surface area contributed by atoms with E-state index in [1.165, 1.54) is 23.9 Å². The van der Waals surface area contributed by atoms with E-state index >= 15 is 0 Å². The number of methoxy groups -OCH3 is 1. The van der Waals surface area contributed by atoms with Crippen LogP contribution >= 0.6 is 11.6 Å². The van der Waals surface area contributed by atoms with Crippen LogP contribution in [-0.4, -0.2) is 33.0 Å². The monoisotopic (exact) mass is 378 g/mol. The number of hydrogen-bond donors (Lipinski definition) is 3. The normalized spacial score (nSPS) is 10.2. The Morgan fingerprint density at radius 2 is 2.04 bits per heavy atom. The number of carbonyl (C=O) groups is 1. The summed E-state index contributed by atoms with van der Waals surface area (Å²) in [6.07, 6.45) is 0. The number of aromatic nitrogens is 3. The Morgan fingerprint density at radius 1 is 1.35 bits per heavy atom. The number of nitrogens with zero attached hydrogens (tertiary/aromatic N) is 2. The van der Waals surface area contributed by atoms with Gasteiger partial charge in [0.1, 0.15) is 16.1 Å². The molecule has 0 unspecified atom stereocenters. The van der Waals surface area contributed by atoms with Crippen LogP contribution in [-0.2, 0) is 7.05 Å². The molecule has 138 valence electrons. The van der Waals surface area contributed by atoms with Crippen molar-refractivity contribution in [1.29, 1.82) is 0 Å². The van der Waals surface area contributed by atoms with Crippen LogP contribution in [0.15, 0.2) is 29.1 Å². The van der Waals surface area contributed by atoms with Gasteiger partial charge in [-0.1, -0.05) is 31.5 Å². The smallest absolute Gasteiger partial charge is 0.339 e. The highest BCUT2D eigenvalue weighted by Crippen LogP contribution is 2.33. The molecule has 0 aliphatic rings. The van der Waals surface area contributed by atoms with Crippen LogP contribution in [0.25, 0.3) is 11.0 Å². The fourth-order valence-electron chi connectivity index (χ4n) is 2.46. The van der Waals surface area contributed by atoms with E-state index in [9.17, 15) is 14.7 Å². The number of carboxylic acid groups (broad SMARTS) is 1. The molecule has 0 saturated carbocycles. The van der Waals surface area contributed by atoms with Crippen molar-refractivity contribution in [2.45, 2.75) is 13.8 Å². The summed E-state index contributed by atoms with van der Waals surface area (Å²) < 4.78 is 6.49. The quantitative estimate of drug-likeness (QED) is 0.600. The van der Waals surface area contributed by atoms with E-state index in [-0.39, 0.29) is 22.0 Å². The van der Waals surface area contributed by atoms with Gasteiger partial charge in [0, 0.05) is 7.05 Å². The summed E-state index contributed by atoms with van der Waals surface area (Å²) in [7, 11) is 2.94. The predicted octanol–water partition coefficient (Wildman–Crippen LogP) is 3.39. The second-order valence-corrected chi connectivity index (χ2v) is 5.40. The molecule has 2 heterocycles. The lowest BCUT2D eigenvalue weighted by atomic mass is 10.1. The van der Waals surface area contributed by atoms with E-state index in [4.69, 9.17) is 16.3 Å². The third-order valence-corrected chi connectivity index (χ3v) is 3.69. The fraction of sp³-hybridized carbons (Fsp3) is 0.235. The van der Waals surface area contributed by atoms with Gasteiger partial charge in [-0.05, 0) is 18.2 Å². The Labute approximate surface area is 154 Å². The Morgan fingerprint density at radius 3 is 2.65 bits per heavy atom. The van der Waals surface area contributed by atoms with Crippen molar-refractivity contribution in [3.05, 3.63) is 45.3 Å². The minimum atomic E-state index is -1.12. The second-order valence-electron chi connectivity index (χ2n) is 5.01. The van der Waals surface area contributed by atoms with Gasteiger partial charge in [0.15, 0.2) is 11.4 Å². The molecule has 0 saturated heterocycles. The van der Waals surface area contributed by atoms with Crippen molar-refractivity contribution in [3.8, 4) is 5.75 Å². The number of hydrogen-bond acceptors (Lipinski definition) is 5. The van der Waals surface area contributed by atoms with E-state index in [0.717, 1.165) is 0 Å². The molecule has 3 N–H and O–H groups in total. The van der Waals surface area contributed by atoms with Gasteiger partial charge in [-0.25, -0.2) is 9.78 Å². The standard InChI is InChI=1S/C15H13ClN4O4.C2H6/c1-20-14(21)11-9(6-10(16)18-13(11)19-20)17-8-5-3-4-7(15(22)23)12(8)24-2;1-2/h3-6H,1-2H3,(H,22,23)(H2,17,18,19);1-2H3. The Balaban J connectivity index is 0.00000117. The molecule has 2 aromatic heterocycles. The largest absolute Gasteiger partial charge is 0.494 e. The van der Waals surface area contributed by atoms with Gasteiger partial charge in [-0.15, -0.1) is 0 Å².